The highest BCUT2D eigenvalue weighted by molar-refractivity contribution is 7.91. The second kappa shape index (κ2) is 3.37. The number of nitrogens with zero attached hydrogens (tertiary/aromatic N) is 1. The van der Waals surface area contributed by atoms with Crippen LogP contribution in [0.2, 0.25) is 0 Å². The first-order chi connectivity index (χ1) is 5.97. The fourth-order valence-electron chi connectivity index (χ4n) is 0.778. The fraction of sp³-hybridized carbons (Fsp3) is 0.286. The molecule has 0 spiro atoms. The Balaban J connectivity index is 3.38. The quantitative estimate of drug-likeness (QED) is 0.683. The molecule has 0 atom stereocenters. The number of halogens is 2. The molecule has 0 saturated carbocycles. The van der Waals surface area contributed by atoms with E-state index in [1.165, 1.54) is 6.92 Å². The molecule has 0 N–H and O–H groups in total. The highest BCUT2D eigenvalue weighted by atomic mass is 32.2. The summed E-state index contributed by atoms with van der Waals surface area (Å²) in [6.07, 6.45) is 0.629. The Morgan fingerprint density at radius 2 is 2.08 bits per heavy atom. The zero-order chi connectivity index (χ0) is 10.1. The summed E-state index contributed by atoms with van der Waals surface area (Å²) >= 11 is 0. The number of sulfone groups is 1. The van der Waals surface area contributed by atoms with Crippen molar-refractivity contribution in [3.05, 3.63) is 24.0 Å². The lowest BCUT2D eigenvalue weighted by Crippen LogP contribution is -2.08. The molecule has 0 amide bonds. The summed E-state index contributed by atoms with van der Waals surface area (Å²) in [6.45, 7) is 1.35. The second-order valence-corrected chi connectivity index (χ2v) is 4.59. The van der Waals surface area contributed by atoms with E-state index in [1.807, 2.05) is 0 Å². The number of rotatable bonds is 2. The summed E-state index contributed by atoms with van der Waals surface area (Å²) in [5.41, 5.74) is 0. The van der Waals surface area contributed by atoms with Gasteiger partial charge in [0.2, 0.25) is 5.95 Å². The molecule has 1 aromatic rings. The van der Waals surface area contributed by atoms with Gasteiger partial charge in [-0.25, -0.2) is 17.8 Å². The Bertz CT molecular complexity index is 417. The standard InChI is InChI=1S/C7H7F2NO2S/c1-2-13(11,12)6-3-5(8)4-10-7(6)9/h3-4H,2H2,1H3. The van der Waals surface area contributed by atoms with E-state index in [4.69, 9.17) is 0 Å². The van der Waals surface area contributed by atoms with E-state index in [-0.39, 0.29) is 5.75 Å². The van der Waals surface area contributed by atoms with Gasteiger partial charge in [0.05, 0.1) is 11.9 Å². The number of hydrogen-bond acceptors (Lipinski definition) is 3. The van der Waals surface area contributed by atoms with Gasteiger partial charge in [-0.2, -0.15) is 4.39 Å². The van der Waals surface area contributed by atoms with E-state index >= 15 is 0 Å². The van der Waals surface area contributed by atoms with Gasteiger partial charge in [-0.1, -0.05) is 6.92 Å². The molecule has 6 heteroatoms. The van der Waals surface area contributed by atoms with Gasteiger partial charge in [-0.05, 0) is 6.07 Å². The maximum Gasteiger partial charge on any atom is 0.231 e. The zero-order valence-electron chi connectivity index (χ0n) is 6.79. The first-order valence-corrected chi connectivity index (χ1v) is 5.16. The van der Waals surface area contributed by atoms with Gasteiger partial charge in [0.1, 0.15) is 10.7 Å². The summed E-state index contributed by atoms with van der Waals surface area (Å²) in [4.78, 5) is 2.29. The van der Waals surface area contributed by atoms with Gasteiger partial charge in [-0.15, -0.1) is 0 Å². The van der Waals surface area contributed by atoms with Crippen LogP contribution in [0.3, 0.4) is 0 Å². The molecule has 72 valence electrons. The first kappa shape index (κ1) is 10.0. The molecule has 0 fully saturated rings. The van der Waals surface area contributed by atoms with Crippen LogP contribution in [-0.2, 0) is 9.84 Å². The monoisotopic (exact) mass is 207 g/mol. The van der Waals surface area contributed by atoms with Gasteiger partial charge in [0.15, 0.2) is 9.84 Å². The van der Waals surface area contributed by atoms with Crippen molar-refractivity contribution in [2.75, 3.05) is 5.75 Å². The molecule has 0 aliphatic heterocycles. The molecule has 0 unspecified atom stereocenters. The predicted molar refractivity (Wildman–Crippen MR) is 41.9 cm³/mol. The Morgan fingerprint density at radius 1 is 1.46 bits per heavy atom. The summed E-state index contributed by atoms with van der Waals surface area (Å²) in [5, 5.41) is 0. The lowest BCUT2D eigenvalue weighted by Gasteiger charge is -2.01. The van der Waals surface area contributed by atoms with Gasteiger partial charge in [0, 0.05) is 0 Å². The minimum absolute atomic E-state index is 0.283. The SMILES string of the molecule is CCS(=O)(=O)c1cc(F)cnc1F. The summed E-state index contributed by atoms with van der Waals surface area (Å²) < 4.78 is 47.6. The van der Waals surface area contributed by atoms with Gasteiger partial charge < -0.3 is 0 Å². The molecule has 13 heavy (non-hydrogen) atoms. The highest BCUT2D eigenvalue weighted by Crippen LogP contribution is 2.14. The number of pyridine rings is 1. The van der Waals surface area contributed by atoms with Crippen LogP contribution in [0.5, 0.6) is 0 Å². The summed E-state index contributed by atoms with van der Waals surface area (Å²) in [6, 6.07) is 0.626. The van der Waals surface area contributed by atoms with Crippen LogP contribution < -0.4 is 0 Å². The minimum atomic E-state index is -3.73. The first-order valence-electron chi connectivity index (χ1n) is 3.51. The van der Waals surface area contributed by atoms with Crippen LogP contribution in [-0.4, -0.2) is 19.2 Å². The van der Waals surface area contributed by atoms with Crippen molar-refractivity contribution < 1.29 is 17.2 Å². The molecule has 1 rings (SSSR count). The fourth-order valence-corrected chi connectivity index (χ4v) is 1.69. The van der Waals surface area contributed by atoms with E-state index in [9.17, 15) is 17.2 Å². The third-order valence-electron chi connectivity index (χ3n) is 1.49. The van der Waals surface area contributed by atoms with Crippen molar-refractivity contribution in [2.24, 2.45) is 0 Å². The number of hydrogen-bond donors (Lipinski definition) is 0. The molecule has 3 nitrogen and oxygen atoms in total. The Hall–Kier alpha value is -1.04. The molecular formula is C7H7F2NO2S. The van der Waals surface area contributed by atoms with Crippen molar-refractivity contribution in [2.45, 2.75) is 11.8 Å². The molecule has 1 heterocycles. The molecule has 0 aromatic carbocycles. The Morgan fingerprint density at radius 3 is 2.62 bits per heavy atom. The maximum absolute atomic E-state index is 12.8. The van der Waals surface area contributed by atoms with Gasteiger partial charge >= 0.3 is 0 Å². The average molecular weight is 207 g/mol. The van der Waals surface area contributed by atoms with Crippen molar-refractivity contribution in [3.63, 3.8) is 0 Å². The topological polar surface area (TPSA) is 47.0 Å². The minimum Gasteiger partial charge on any atom is -0.224 e. The molecule has 0 radical (unpaired) electrons. The largest absolute Gasteiger partial charge is 0.231 e. The molecule has 0 saturated heterocycles. The molecule has 1 aromatic heterocycles. The van der Waals surface area contributed by atoms with Crippen LogP contribution >= 0.6 is 0 Å². The maximum atomic E-state index is 12.8. The molecule has 0 aliphatic carbocycles. The smallest absolute Gasteiger partial charge is 0.224 e. The van der Waals surface area contributed by atoms with Crippen LogP contribution in [0.4, 0.5) is 8.78 Å². The highest BCUT2D eigenvalue weighted by Gasteiger charge is 2.18. The van der Waals surface area contributed by atoms with Crippen LogP contribution in [0.1, 0.15) is 6.92 Å². The van der Waals surface area contributed by atoms with Crippen molar-refractivity contribution in [1.29, 1.82) is 0 Å². The summed E-state index contributed by atoms with van der Waals surface area (Å²) in [5.74, 6) is -2.31. The third-order valence-corrected chi connectivity index (χ3v) is 3.21. The molecule has 0 bridgehead atoms. The lowest BCUT2D eigenvalue weighted by atomic mass is 10.5. The third kappa shape index (κ3) is 2.00. The van der Waals surface area contributed by atoms with E-state index < -0.39 is 26.5 Å². The van der Waals surface area contributed by atoms with Gasteiger partial charge in [-0.3, -0.25) is 0 Å². The van der Waals surface area contributed by atoms with E-state index in [0.29, 0.717) is 12.3 Å². The number of aromatic nitrogens is 1. The van der Waals surface area contributed by atoms with Gasteiger partial charge in [0.25, 0.3) is 0 Å². The molecular weight excluding hydrogens is 200 g/mol. The van der Waals surface area contributed by atoms with Crippen molar-refractivity contribution >= 4 is 9.84 Å². The van der Waals surface area contributed by atoms with Crippen molar-refractivity contribution in [1.82, 2.24) is 4.98 Å². The predicted octanol–water partition coefficient (Wildman–Crippen LogP) is 1.15. The normalized spacial score (nSPS) is 11.6. The van der Waals surface area contributed by atoms with Crippen LogP contribution in [0.25, 0.3) is 0 Å². The average Bonchev–Trinajstić information content (AvgIpc) is 2.09. The summed E-state index contributed by atoms with van der Waals surface area (Å²) in [7, 11) is -3.73. The van der Waals surface area contributed by atoms with E-state index in [2.05, 4.69) is 4.98 Å². The van der Waals surface area contributed by atoms with Crippen molar-refractivity contribution in [3.8, 4) is 0 Å². The van der Waals surface area contributed by atoms with Crippen LogP contribution in [0.15, 0.2) is 17.2 Å². The zero-order valence-corrected chi connectivity index (χ0v) is 7.61. The molecule has 0 aliphatic rings. The lowest BCUT2D eigenvalue weighted by molar-refractivity contribution is 0.520. The van der Waals surface area contributed by atoms with E-state index in [0.717, 1.165) is 0 Å². The Kier molecular flexibility index (Phi) is 2.60. The van der Waals surface area contributed by atoms with Crippen LogP contribution in [0, 0.1) is 11.8 Å². The van der Waals surface area contributed by atoms with E-state index in [1.54, 1.807) is 0 Å². The second-order valence-electron chi connectivity index (χ2n) is 2.35. The Labute approximate surface area is 74.3 Å².